The van der Waals surface area contributed by atoms with Gasteiger partial charge in [-0.05, 0) is 38.4 Å². The molecule has 2 unspecified atom stereocenters. The summed E-state index contributed by atoms with van der Waals surface area (Å²) in [4.78, 5) is 5.18. The van der Waals surface area contributed by atoms with E-state index in [4.69, 9.17) is 9.47 Å². The Hall–Kier alpha value is -1.42. The van der Waals surface area contributed by atoms with Crippen molar-refractivity contribution in [2.75, 3.05) is 37.7 Å². The molecule has 108 valence electrons. The van der Waals surface area contributed by atoms with Crippen LogP contribution in [-0.2, 0) is 0 Å². The predicted molar refractivity (Wildman–Crippen MR) is 78.8 cm³/mol. The minimum atomic E-state index is 0.562. The molecule has 3 aliphatic heterocycles. The van der Waals surface area contributed by atoms with Crippen LogP contribution in [0.2, 0.25) is 0 Å². The van der Waals surface area contributed by atoms with Crippen molar-refractivity contribution in [3.8, 4) is 11.5 Å². The fourth-order valence-corrected chi connectivity index (χ4v) is 3.76. The number of piperazine rings is 1. The number of benzene rings is 1. The fourth-order valence-electron chi connectivity index (χ4n) is 3.76. The minimum Gasteiger partial charge on any atom is -0.486 e. The lowest BCUT2D eigenvalue weighted by atomic mass is 10.1. The Morgan fingerprint density at radius 3 is 2.85 bits per heavy atom. The molecule has 4 rings (SSSR count). The first kappa shape index (κ1) is 12.3. The van der Waals surface area contributed by atoms with Gasteiger partial charge in [-0.15, -0.1) is 0 Å². The molecular weight excluding hydrogens is 252 g/mol. The summed E-state index contributed by atoms with van der Waals surface area (Å²) in [6.07, 6.45) is 2.69. The normalized spacial score (nSPS) is 29.4. The standard InChI is InChI=1S/C16H22N2O2/c1-12-10-17-6-2-3-14(17)11-18(12)13-4-5-15-16(9-13)20-8-7-19-15/h4-5,9,12,14H,2-3,6-8,10-11H2,1H3. The summed E-state index contributed by atoms with van der Waals surface area (Å²) in [5.74, 6) is 1.78. The molecule has 1 aromatic rings. The summed E-state index contributed by atoms with van der Waals surface area (Å²) in [6.45, 7) is 7.24. The third-order valence-electron chi connectivity index (χ3n) is 4.79. The molecule has 4 heteroatoms. The smallest absolute Gasteiger partial charge is 0.163 e. The first-order valence-corrected chi connectivity index (χ1v) is 7.71. The van der Waals surface area contributed by atoms with E-state index < -0.39 is 0 Å². The predicted octanol–water partition coefficient (Wildman–Crippen LogP) is 2.13. The molecule has 0 aromatic heterocycles. The second-order valence-electron chi connectivity index (χ2n) is 6.12. The first-order valence-electron chi connectivity index (χ1n) is 7.71. The van der Waals surface area contributed by atoms with E-state index in [9.17, 15) is 0 Å². The van der Waals surface area contributed by atoms with Gasteiger partial charge in [0.15, 0.2) is 11.5 Å². The summed E-state index contributed by atoms with van der Waals surface area (Å²) in [5, 5.41) is 0. The number of hydrogen-bond donors (Lipinski definition) is 0. The maximum absolute atomic E-state index is 5.71. The molecule has 3 aliphatic rings. The zero-order valence-corrected chi connectivity index (χ0v) is 12.0. The molecule has 3 heterocycles. The molecule has 0 N–H and O–H groups in total. The number of ether oxygens (including phenoxy) is 2. The maximum atomic E-state index is 5.71. The van der Waals surface area contributed by atoms with Crippen LogP contribution in [0, 0.1) is 0 Å². The van der Waals surface area contributed by atoms with Gasteiger partial charge in [-0.25, -0.2) is 0 Å². The Labute approximate surface area is 120 Å². The molecule has 2 fully saturated rings. The monoisotopic (exact) mass is 274 g/mol. The van der Waals surface area contributed by atoms with Crippen molar-refractivity contribution in [2.45, 2.75) is 31.8 Å². The van der Waals surface area contributed by atoms with Crippen molar-refractivity contribution in [2.24, 2.45) is 0 Å². The number of fused-ring (bicyclic) bond motifs is 2. The van der Waals surface area contributed by atoms with Crippen molar-refractivity contribution in [1.29, 1.82) is 0 Å². The number of rotatable bonds is 1. The topological polar surface area (TPSA) is 24.9 Å². The lowest BCUT2D eigenvalue weighted by Gasteiger charge is -2.43. The van der Waals surface area contributed by atoms with Gasteiger partial charge in [-0.2, -0.15) is 0 Å². The molecule has 0 radical (unpaired) electrons. The molecule has 0 bridgehead atoms. The van der Waals surface area contributed by atoms with Gasteiger partial charge >= 0.3 is 0 Å². The van der Waals surface area contributed by atoms with E-state index in [1.807, 2.05) is 0 Å². The number of anilines is 1. The van der Waals surface area contributed by atoms with E-state index in [0.29, 0.717) is 19.3 Å². The van der Waals surface area contributed by atoms with Gasteiger partial charge < -0.3 is 14.4 Å². The lowest BCUT2D eigenvalue weighted by molar-refractivity contribution is 0.171. The maximum Gasteiger partial charge on any atom is 0.163 e. The molecule has 1 aromatic carbocycles. The van der Waals surface area contributed by atoms with Gasteiger partial charge in [0, 0.05) is 36.9 Å². The van der Waals surface area contributed by atoms with Gasteiger partial charge in [0.1, 0.15) is 13.2 Å². The van der Waals surface area contributed by atoms with Crippen LogP contribution in [0.15, 0.2) is 18.2 Å². The zero-order valence-electron chi connectivity index (χ0n) is 12.0. The molecule has 0 saturated carbocycles. The molecule has 4 nitrogen and oxygen atoms in total. The summed E-state index contributed by atoms with van der Waals surface area (Å²) in [5.41, 5.74) is 1.27. The highest BCUT2D eigenvalue weighted by Gasteiger charge is 2.34. The average molecular weight is 274 g/mol. The van der Waals surface area contributed by atoms with Crippen molar-refractivity contribution in [3.05, 3.63) is 18.2 Å². The molecule has 0 spiro atoms. The summed E-state index contributed by atoms with van der Waals surface area (Å²) in [7, 11) is 0. The second kappa shape index (κ2) is 4.85. The molecule has 2 saturated heterocycles. The summed E-state index contributed by atoms with van der Waals surface area (Å²) in [6, 6.07) is 7.67. The van der Waals surface area contributed by atoms with Crippen LogP contribution in [0.5, 0.6) is 11.5 Å². The number of nitrogens with zero attached hydrogens (tertiary/aromatic N) is 2. The highest BCUT2D eigenvalue weighted by molar-refractivity contribution is 5.57. The van der Waals surface area contributed by atoms with Crippen LogP contribution in [0.3, 0.4) is 0 Å². The highest BCUT2D eigenvalue weighted by Crippen LogP contribution is 2.36. The Balaban J connectivity index is 1.60. The van der Waals surface area contributed by atoms with Crippen LogP contribution >= 0.6 is 0 Å². The Bertz CT molecular complexity index is 505. The highest BCUT2D eigenvalue weighted by atomic mass is 16.6. The van der Waals surface area contributed by atoms with Gasteiger partial charge in [-0.3, -0.25) is 4.90 Å². The van der Waals surface area contributed by atoms with Crippen LogP contribution in [0.1, 0.15) is 19.8 Å². The van der Waals surface area contributed by atoms with Crippen molar-refractivity contribution < 1.29 is 9.47 Å². The molecule has 2 atom stereocenters. The average Bonchev–Trinajstić information content (AvgIpc) is 2.93. The van der Waals surface area contributed by atoms with E-state index >= 15 is 0 Å². The Morgan fingerprint density at radius 2 is 1.95 bits per heavy atom. The first-order chi connectivity index (χ1) is 9.81. The quantitative estimate of drug-likeness (QED) is 0.783. The van der Waals surface area contributed by atoms with E-state index in [1.165, 1.54) is 31.6 Å². The fraction of sp³-hybridized carbons (Fsp3) is 0.625. The van der Waals surface area contributed by atoms with Gasteiger partial charge in [-0.1, -0.05) is 0 Å². The van der Waals surface area contributed by atoms with Crippen molar-refractivity contribution in [3.63, 3.8) is 0 Å². The summed E-state index contributed by atoms with van der Waals surface area (Å²) < 4.78 is 11.3. The minimum absolute atomic E-state index is 0.562. The SMILES string of the molecule is CC1CN2CCCC2CN1c1ccc2c(c1)OCCO2. The van der Waals surface area contributed by atoms with Crippen LogP contribution in [-0.4, -0.2) is 49.8 Å². The van der Waals surface area contributed by atoms with Crippen LogP contribution in [0.25, 0.3) is 0 Å². The third-order valence-corrected chi connectivity index (χ3v) is 4.79. The van der Waals surface area contributed by atoms with E-state index in [-0.39, 0.29) is 0 Å². The van der Waals surface area contributed by atoms with E-state index in [1.54, 1.807) is 0 Å². The molecule has 0 amide bonds. The van der Waals surface area contributed by atoms with Gasteiger partial charge in [0.05, 0.1) is 0 Å². The van der Waals surface area contributed by atoms with E-state index in [2.05, 4.69) is 34.9 Å². The molecule has 20 heavy (non-hydrogen) atoms. The Morgan fingerprint density at radius 1 is 1.10 bits per heavy atom. The Kier molecular flexibility index (Phi) is 2.99. The number of hydrogen-bond acceptors (Lipinski definition) is 4. The lowest BCUT2D eigenvalue weighted by Crippen LogP contribution is -2.55. The van der Waals surface area contributed by atoms with Crippen molar-refractivity contribution in [1.82, 2.24) is 4.90 Å². The van der Waals surface area contributed by atoms with Crippen molar-refractivity contribution >= 4 is 5.69 Å². The molecule has 0 aliphatic carbocycles. The van der Waals surface area contributed by atoms with E-state index in [0.717, 1.165) is 24.1 Å². The van der Waals surface area contributed by atoms with Crippen LogP contribution < -0.4 is 14.4 Å². The third kappa shape index (κ3) is 2.03. The second-order valence-corrected chi connectivity index (χ2v) is 6.12. The van der Waals surface area contributed by atoms with Crippen LogP contribution in [0.4, 0.5) is 5.69 Å². The van der Waals surface area contributed by atoms with Gasteiger partial charge in [0.25, 0.3) is 0 Å². The summed E-state index contributed by atoms with van der Waals surface area (Å²) >= 11 is 0. The largest absolute Gasteiger partial charge is 0.486 e. The molecular formula is C16H22N2O2. The zero-order chi connectivity index (χ0) is 13.5. The van der Waals surface area contributed by atoms with Gasteiger partial charge in [0.2, 0.25) is 0 Å².